The normalized spacial score (nSPS) is 16.8. The summed E-state index contributed by atoms with van der Waals surface area (Å²) in [5.41, 5.74) is -0.0205. The van der Waals surface area contributed by atoms with Crippen molar-refractivity contribution < 1.29 is 44.3 Å². The predicted molar refractivity (Wildman–Crippen MR) is 117 cm³/mol. The summed E-state index contributed by atoms with van der Waals surface area (Å²) in [6, 6.07) is 5.50. The number of rotatable bonds is 9. The standard InChI is InChI=1S/C23H27NO9/c1-4-30-18-7-13(8-19(31-5-2)22(18)32-6-3)20-11-23(28,12-21(27)24-29)14-9-15(25)16(26)10-17(14)33-20/h7-11,25-26,28-29H,4-6,12H2,1-3H3,(H,24,27). The van der Waals surface area contributed by atoms with Gasteiger partial charge in [-0.2, -0.15) is 0 Å². The van der Waals surface area contributed by atoms with Crippen molar-refractivity contribution in [2.24, 2.45) is 0 Å². The van der Waals surface area contributed by atoms with Gasteiger partial charge >= 0.3 is 0 Å². The van der Waals surface area contributed by atoms with E-state index >= 15 is 0 Å². The van der Waals surface area contributed by atoms with Crippen LogP contribution < -0.4 is 24.4 Å². The van der Waals surface area contributed by atoms with Crippen LogP contribution in [0.25, 0.3) is 5.76 Å². The highest BCUT2D eigenvalue weighted by atomic mass is 16.5. The first-order valence-electron chi connectivity index (χ1n) is 10.5. The number of nitrogens with one attached hydrogen (secondary N) is 1. The van der Waals surface area contributed by atoms with Crippen molar-refractivity contribution in [2.75, 3.05) is 19.8 Å². The monoisotopic (exact) mass is 461 g/mol. The molecule has 0 radical (unpaired) electrons. The molecule has 0 bridgehead atoms. The second kappa shape index (κ2) is 9.88. The molecule has 0 aromatic heterocycles. The Morgan fingerprint density at radius 2 is 1.55 bits per heavy atom. The zero-order valence-electron chi connectivity index (χ0n) is 18.5. The molecule has 2 aromatic rings. The fourth-order valence-corrected chi connectivity index (χ4v) is 3.53. The summed E-state index contributed by atoms with van der Waals surface area (Å²) >= 11 is 0. The highest BCUT2D eigenvalue weighted by molar-refractivity contribution is 5.79. The molecule has 1 aliphatic rings. The lowest BCUT2D eigenvalue weighted by Crippen LogP contribution is -2.34. The van der Waals surface area contributed by atoms with Crippen molar-refractivity contribution >= 4 is 11.7 Å². The van der Waals surface area contributed by atoms with E-state index in [-0.39, 0.29) is 17.1 Å². The van der Waals surface area contributed by atoms with Crippen LogP contribution in [-0.4, -0.2) is 46.3 Å². The highest BCUT2D eigenvalue weighted by Crippen LogP contribution is 2.48. The van der Waals surface area contributed by atoms with Gasteiger partial charge in [-0.1, -0.05) is 0 Å². The van der Waals surface area contributed by atoms with Crippen molar-refractivity contribution in [3.8, 4) is 34.5 Å². The minimum Gasteiger partial charge on any atom is -0.504 e. The van der Waals surface area contributed by atoms with E-state index in [1.54, 1.807) is 12.1 Å². The zero-order valence-corrected chi connectivity index (χ0v) is 18.5. The summed E-state index contributed by atoms with van der Waals surface area (Å²) in [5.74, 6) is -0.506. The van der Waals surface area contributed by atoms with Gasteiger partial charge in [0.1, 0.15) is 17.1 Å². The molecule has 5 N–H and O–H groups in total. The third-order valence-electron chi connectivity index (χ3n) is 4.88. The number of hydrogen-bond donors (Lipinski definition) is 5. The maximum absolute atomic E-state index is 11.9. The molecule has 33 heavy (non-hydrogen) atoms. The van der Waals surface area contributed by atoms with Crippen molar-refractivity contribution in [2.45, 2.75) is 32.8 Å². The van der Waals surface area contributed by atoms with E-state index in [0.717, 1.165) is 12.1 Å². The smallest absolute Gasteiger partial charge is 0.246 e. The van der Waals surface area contributed by atoms with Gasteiger partial charge in [0, 0.05) is 17.2 Å². The van der Waals surface area contributed by atoms with Crippen LogP contribution in [-0.2, 0) is 10.4 Å². The van der Waals surface area contributed by atoms with E-state index in [4.69, 9.17) is 24.2 Å². The van der Waals surface area contributed by atoms with Gasteiger partial charge in [0.05, 0.1) is 26.2 Å². The Morgan fingerprint density at radius 1 is 0.970 bits per heavy atom. The Morgan fingerprint density at radius 3 is 2.09 bits per heavy atom. The molecule has 0 spiro atoms. The molecule has 1 aliphatic heterocycles. The maximum Gasteiger partial charge on any atom is 0.246 e. The number of amides is 1. The summed E-state index contributed by atoms with van der Waals surface area (Å²) in [5, 5.41) is 40.2. The molecule has 0 aliphatic carbocycles. The molecule has 1 atom stereocenters. The van der Waals surface area contributed by atoms with Crippen LogP contribution in [0.2, 0.25) is 0 Å². The number of phenols is 2. The maximum atomic E-state index is 11.9. The summed E-state index contributed by atoms with van der Waals surface area (Å²) < 4.78 is 23.1. The van der Waals surface area contributed by atoms with Gasteiger partial charge < -0.3 is 34.3 Å². The number of phenolic OH excluding ortho intramolecular Hbond substituents is 2. The highest BCUT2D eigenvalue weighted by Gasteiger charge is 2.39. The Labute approximate surface area is 190 Å². The number of aromatic hydroxyl groups is 2. The van der Waals surface area contributed by atoms with E-state index in [0.29, 0.717) is 42.6 Å². The molecule has 10 heteroatoms. The molecule has 1 amide bonds. The number of fused-ring (bicyclic) bond motifs is 1. The van der Waals surface area contributed by atoms with Crippen molar-refractivity contribution in [3.63, 3.8) is 0 Å². The molecule has 178 valence electrons. The fourth-order valence-electron chi connectivity index (χ4n) is 3.53. The number of aliphatic hydroxyl groups is 1. The molecule has 0 saturated heterocycles. The van der Waals surface area contributed by atoms with Crippen LogP contribution >= 0.6 is 0 Å². The van der Waals surface area contributed by atoms with Gasteiger partial charge in [-0.05, 0) is 45.0 Å². The van der Waals surface area contributed by atoms with Gasteiger partial charge in [-0.3, -0.25) is 10.0 Å². The Hall–Kier alpha value is -3.63. The molecule has 1 heterocycles. The predicted octanol–water partition coefficient (Wildman–Crippen LogP) is 2.81. The van der Waals surface area contributed by atoms with E-state index in [1.807, 2.05) is 20.8 Å². The third kappa shape index (κ3) is 4.91. The van der Waals surface area contributed by atoms with Crippen LogP contribution in [0.5, 0.6) is 34.5 Å². The van der Waals surface area contributed by atoms with Crippen molar-refractivity contribution in [1.29, 1.82) is 0 Å². The van der Waals surface area contributed by atoms with E-state index in [1.165, 1.54) is 11.6 Å². The van der Waals surface area contributed by atoms with Crippen molar-refractivity contribution in [3.05, 3.63) is 41.5 Å². The summed E-state index contributed by atoms with van der Waals surface area (Å²) in [7, 11) is 0. The lowest BCUT2D eigenvalue weighted by Gasteiger charge is -2.32. The summed E-state index contributed by atoms with van der Waals surface area (Å²) in [6.45, 7) is 6.55. The van der Waals surface area contributed by atoms with Crippen LogP contribution in [0, 0.1) is 0 Å². The Balaban J connectivity index is 2.19. The number of hydroxylamine groups is 1. The topological polar surface area (TPSA) is 147 Å². The fraction of sp³-hybridized carbons (Fsp3) is 0.348. The third-order valence-corrected chi connectivity index (χ3v) is 4.88. The first-order valence-corrected chi connectivity index (χ1v) is 10.5. The molecule has 0 fully saturated rings. The molecular weight excluding hydrogens is 434 g/mol. The molecule has 10 nitrogen and oxygen atoms in total. The first-order chi connectivity index (χ1) is 15.8. The second-order valence-corrected chi connectivity index (χ2v) is 7.18. The number of hydrogen-bond acceptors (Lipinski definition) is 9. The molecule has 2 aromatic carbocycles. The quantitative estimate of drug-likeness (QED) is 0.216. The molecular formula is C23H27NO9. The SMILES string of the molecule is CCOc1cc(C2=CC(O)(CC(=O)NO)c3cc(O)c(O)cc3O2)cc(OCC)c1OCC. The number of benzene rings is 2. The average Bonchev–Trinajstić information content (AvgIpc) is 2.77. The molecule has 1 unspecified atom stereocenters. The summed E-state index contributed by atoms with van der Waals surface area (Å²) in [6.07, 6.45) is 0.698. The van der Waals surface area contributed by atoms with Crippen LogP contribution in [0.3, 0.4) is 0 Å². The van der Waals surface area contributed by atoms with Crippen LogP contribution in [0.1, 0.15) is 38.3 Å². The number of carbonyl (C=O) groups excluding carboxylic acids is 1. The van der Waals surface area contributed by atoms with Gasteiger partial charge in [-0.25, -0.2) is 5.48 Å². The Kier molecular flexibility index (Phi) is 7.19. The minimum absolute atomic E-state index is 0.0147. The van der Waals surface area contributed by atoms with Crippen LogP contribution in [0.4, 0.5) is 0 Å². The van der Waals surface area contributed by atoms with E-state index < -0.39 is 29.4 Å². The molecule has 0 saturated carbocycles. The number of carbonyl (C=O) groups is 1. The lowest BCUT2D eigenvalue weighted by molar-refractivity contribution is -0.133. The van der Waals surface area contributed by atoms with Crippen LogP contribution in [0.15, 0.2) is 30.3 Å². The van der Waals surface area contributed by atoms with E-state index in [9.17, 15) is 20.1 Å². The number of ether oxygens (including phenoxy) is 4. The molecule has 3 rings (SSSR count). The van der Waals surface area contributed by atoms with Gasteiger partial charge in [0.2, 0.25) is 11.7 Å². The lowest BCUT2D eigenvalue weighted by atomic mass is 9.85. The largest absolute Gasteiger partial charge is 0.504 e. The van der Waals surface area contributed by atoms with E-state index in [2.05, 4.69) is 0 Å². The van der Waals surface area contributed by atoms with Gasteiger partial charge in [0.15, 0.2) is 23.0 Å². The second-order valence-electron chi connectivity index (χ2n) is 7.18. The Bertz CT molecular complexity index is 1040. The minimum atomic E-state index is -1.98. The zero-order chi connectivity index (χ0) is 24.2. The van der Waals surface area contributed by atoms with Gasteiger partial charge in [-0.15, -0.1) is 0 Å². The average molecular weight is 461 g/mol. The first kappa shape index (κ1) is 24.0. The summed E-state index contributed by atoms with van der Waals surface area (Å²) in [4.78, 5) is 11.9. The van der Waals surface area contributed by atoms with Gasteiger partial charge in [0.25, 0.3) is 0 Å². The van der Waals surface area contributed by atoms with Crippen molar-refractivity contribution in [1.82, 2.24) is 5.48 Å².